The van der Waals surface area contributed by atoms with Gasteiger partial charge in [0.1, 0.15) is 23.3 Å². The van der Waals surface area contributed by atoms with Crippen LogP contribution in [0.15, 0.2) is 72.4 Å². The molecule has 1 aromatic heterocycles. The van der Waals surface area contributed by atoms with Gasteiger partial charge in [0.05, 0.1) is 30.0 Å². The molecule has 3 aromatic rings. The number of Topliss-reactive ketones (excluding diaryl/α,β-unsaturated/α-hetero) is 1. The van der Waals surface area contributed by atoms with Crippen molar-refractivity contribution in [1.82, 2.24) is 4.98 Å². The lowest BCUT2D eigenvalue weighted by atomic mass is 9.97. The first-order valence-corrected chi connectivity index (χ1v) is 11.7. The molecule has 0 radical (unpaired) electrons. The molecule has 180 valence electrons. The number of aromatic nitrogens is 1. The Morgan fingerprint density at radius 3 is 2.34 bits per heavy atom. The number of carbonyl (C=O) groups is 2. The predicted octanol–water partition coefficient (Wildman–Crippen LogP) is 5.07. The van der Waals surface area contributed by atoms with E-state index in [4.69, 9.17) is 9.47 Å². The maximum absolute atomic E-state index is 13.3. The highest BCUT2D eigenvalue weighted by molar-refractivity contribution is 6.51. The van der Waals surface area contributed by atoms with Crippen LogP contribution in [0.2, 0.25) is 0 Å². The zero-order chi connectivity index (χ0) is 24.9. The summed E-state index contributed by atoms with van der Waals surface area (Å²) in [4.78, 5) is 32.5. The van der Waals surface area contributed by atoms with E-state index in [0.717, 1.165) is 12.0 Å². The van der Waals surface area contributed by atoms with Crippen molar-refractivity contribution < 1.29 is 24.2 Å². The van der Waals surface area contributed by atoms with Gasteiger partial charge < -0.3 is 14.6 Å². The standard InChI is InChI=1S/C28H28N2O5/c1-4-18-10-12-19(13-11-18)30-25(22-9-7-8-16-29-22)24(27(32)28(30)33)26(31)21-15-14-20(34-5-2)17-23(21)35-6-3/h7-17,25,31H,4-6H2,1-3H3/b26-24-. The lowest BCUT2D eigenvalue weighted by molar-refractivity contribution is -0.132. The third-order valence-corrected chi connectivity index (χ3v) is 5.85. The number of aliphatic hydroxyl groups excluding tert-OH is 1. The van der Waals surface area contributed by atoms with E-state index in [0.29, 0.717) is 41.7 Å². The second-order valence-corrected chi connectivity index (χ2v) is 7.97. The monoisotopic (exact) mass is 472 g/mol. The van der Waals surface area contributed by atoms with Gasteiger partial charge in [0.2, 0.25) is 0 Å². The van der Waals surface area contributed by atoms with Crippen molar-refractivity contribution in [3.8, 4) is 11.5 Å². The Kier molecular flexibility index (Phi) is 7.15. The van der Waals surface area contributed by atoms with Crippen molar-refractivity contribution in [2.45, 2.75) is 33.2 Å². The smallest absolute Gasteiger partial charge is 0.300 e. The zero-order valence-corrected chi connectivity index (χ0v) is 20.0. The molecule has 2 aromatic carbocycles. The van der Waals surface area contributed by atoms with Crippen LogP contribution in [-0.2, 0) is 16.0 Å². The van der Waals surface area contributed by atoms with Gasteiger partial charge in [0.15, 0.2) is 0 Å². The number of anilines is 1. The number of aliphatic hydroxyl groups is 1. The second kappa shape index (κ2) is 10.4. The first kappa shape index (κ1) is 24.0. The summed E-state index contributed by atoms with van der Waals surface area (Å²) in [5.41, 5.74) is 2.39. The number of pyridine rings is 1. The van der Waals surface area contributed by atoms with Crippen LogP contribution in [0.4, 0.5) is 5.69 Å². The number of amides is 1. The number of ketones is 1. The van der Waals surface area contributed by atoms with Crippen LogP contribution in [0.5, 0.6) is 11.5 Å². The fraction of sp³-hybridized carbons (Fsp3) is 0.250. The minimum Gasteiger partial charge on any atom is -0.507 e. The molecule has 7 nitrogen and oxygen atoms in total. The molecule has 0 spiro atoms. The highest BCUT2D eigenvalue weighted by Gasteiger charge is 2.47. The molecule has 0 bridgehead atoms. The molecule has 1 N–H and O–H groups in total. The quantitative estimate of drug-likeness (QED) is 0.280. The number of benzene rings is 2. The average Bonchev–Trinajstić information content (AvgIpc) is 3.15. The predicted molar refractivity (Wildman–Crippen MR) is 134 cm³/mol. The topological polar surface area (TPSA) is 89.0 Å². The van der Waals surface area contributed by atoms with Crippen molar-refractivity contribution in [3.05, 3.63) is 89.3 Å². The third kappa shape index (κ3) is 4.62. The molecule has 1 aliphatic heterocycles. The van der Waals surface area contributed by atoms with E-state index in [2.05, 4.69) is 4.98 Å². The molecule has 1 atom stereocenters. The molecule has 7 heteroatoms. The maximum atomic E-state index is 13.3. The zero-order valence-electron chi connectivity index (χ0n) is 20.0. The Morgan fingerprint density at radius 1 is 0.971 bits per heavy atom. The molecule has 1 amide bonds. The van der Waals surface area contributed by atoms with E-state index in [1.165, 1.54) is 4.90 Å². The fourth-order valence-electron chi connectivity index (χ4n) is 4.18. The van der Waals surface area contributed by atoms with Gasteiger partial charge in [0, 0.05) is 18.0 Å². The summed E-state index contributed by atoms with van der Waals surface area (Å²) in [6.07, 6.45) is 2.44. The van der Waals surface area contributed by atoms with Crippen molar-refractivity contribution in [2.24, 2.45) is 0 Å². The minimum atomic E-state index is -0.898. The molecule has 1 unspecified atom stereocenters. The number of hydrogen-bond acceptors (Lipinski definition) is 6. The second-order valence-electron chi connectivity index (χ2n) is 7.97. The van der Waals surface area contributed by atoms with Crippen LogP contribution in [0, 0.1) is 0 Å². The van der Waals surface area contributed by atoms with Crippen molar-refractivity contribution in [1.29, 1.82) is 0 Å². The van der Waals surface area contributed by atoms with E-state index < -0.39 is 17.7 Å². The largest absolute Gasteiger partial charge is 0.507 e. The Morgan fingerprint density at radius 2 is 1.71 bits per heavy atom. The minimum absolute atomic E-state index is 0.0432. The Bertz CT molecular complexity index is 1250. The van der Waals surface area contributed by atoms with Crippen molar-refractivity contribution >= 4 is 23.1 Å². The third-order valence-electron chi connectivity index (χ3n) is 5.85. The summed E-state index contributed by atoms with van der Waals surface area (Å²) in [5.74, 6) is -0.901. The first-order chi connectivity index (χ1) is 17.0. The summed E-state index contributed by atoms with van der Waals surface area (Å²) < 4.78 is 11.3. The molecule has 0 aliphatic carbocycles. The maximum Gasteiger partial charge on any atom is 0.300 e. The van der Waals surface area contributed by atoms with Gasteiger partial charge in [-0.3, -0.25) is 19.5 Å². The van der Waals surface area contributed by atoms with Gasteiger partial charge in [-0.15, -0.1) is 0 Å². The van der Waals surface area contributed by atoms with Gasteiger partial charge in [-0.2, -0.15) is 0 Å². The van der Waals surface area contributed by atoms with Crippen LogP contribution in [0.3, 0.4) is 0 Å². The number of hydrogen-bond donors (Lipinski definition) is 1. The molecule has 4 rings (SSSR count). The lowest BCUT2D eigenvalue weighted by Crippen LogP contribution is -2.29. The lowest BCUT2D eigenvalue weighted by Gasteiger charge is -2.25. The summed E-state index contributed by atoms with van der Waals surface area (Å²) in [7, 11) is 0. The molecule has 2 heterocycles. The SMILES string of the molecule is CCOc1ccc(/C(O)=C2/C(=O)C(=O)N(c3ccc(CC)cc3)C2c2ccccn2)c(OCC)c1. The molecule has 35 heavy (non-hydrogen) atoms. The van der Waals surface area contributed by atoms with E-state index in [9.17, 15) is 14.7 Å². The van der Waals surface area contributed by atoms with Gasteiger partial charge in [-0.05, 0) is 62.2 Å². The van der Waals surface area contributed by atoms with Crippen LogP contribution in [0.25, 0.3) is 5.76 Å². The van der Waals surface area contributed by atoms with E-state index >= 15 is 0 Å². The summed E-state index contributed by atoms with van der Waals surface area (Å²) in [6.45, 7) is 6.55. The summed E-state index contributed by atoms with van der Waals surface area (Å²) >= 11 is 0. The Balaban J connectivity index is 1.91. The number of rotatable bonds is 8. The average molecular weight is 473 g/mol. The highest BCUT2D eigenvalue weighted by Crippen LogP contribution is 2.43. The molecule has 1 fully saturated rings. The van der Waals surface area contributed by atoms with E-state index in [1.807, 2.05) is 45.0 Å². The van der Waals surface area contributed by atoms with Crippen LogP contribution in [-0.4, -0.2) is 35.0 Å². The molecule has 0 saturated carbocycles. The number of nitrogens with zero attached hydrogens (tertiary/aromatic N) is 2. The van der Waals surface area contributed by atoms with E-state index in [1.54, 1.807) is 42.6 Å². The molecule has 1 saturated heterocycles. The fourth-order valence-corrected chi connectivity index (χ4v) is 4.18. The van der Waals surface area contributed by atoms with E-state index in [-0.39, 0.29) is 11.3 Å². The van der Waals surface area contributed by atoms with Gasteiger partial charge in [-0.1, -0.05) is 25.1 Å². The molecule has 1 aliphatic rings. The van der Waals surface area contributed by atoms with Crippen LogP contribution < -0.4 is 14.4 Å². The number of carbonyl (C=O) groups excluding carboxylic acids is 2. The molecular weight excluding hydrogens is 444 g/mol. The van der Waals surface area contributed by atoms with Gasteiger partial charge in [0.25, 0.3) is 11.7 Å². The Labute approximate surface area is 204 Å². The molecular formula is C28H28N2O5. The van der Waals surface area contributed by atoms with Crippen molar-refractivity contribution in [3.63, 3.8) is 0 Å². The highest BCUT2D eigenvalue weighted by atomic mass is 16.5. The number of ether oxygens (including phenoxy) is 2. The Hall–Kier alpha value is -4.13. The van der Waals surface area contributed by atoms with Gasteiger partial charge >= 0.3 is 0 Å². The number of aryl methyl sites for hydroxylation is 1. The normalized spacial score (nSPS) is 17.0. The first-order valence-electron chi connectivity index (χ1n) is 11.7. The summed E-state index contributed by atoms with van der Waals surface area (Å²) in [5, 5.41) is 11.4. The van der Waals surface area contributed by atoms with Crippen LogP contribution in [0.1, 0.15) is 43.6 Å². The van der Waals surface area contributed by atoms with Gasteiger partial charge in [-0.25, -0.2) is 0 Å². The van der Waals surface area contributed by atoms with Crippen LogP contribution >= 0.6 is 0 Å². The summed E-state index contributed by atoms with van der Waals surface area (Å²) in [6, 6.07) is 16.8. The van der Waals surface area contributed by atoms with Crippen molar-refractivity contribution in [2.75, 3.05) is 18.1 Å².